The number of aryl methyl sites for hydroxylation is 2. The molecule has 0 aromatic heterocycles. The monoisotopic (exact) mass is 736 g/mol. The van der Waals surface area contributed by atoms with Gasteiger partial charge in [0.15, 0.2) is 23.0 Å². The summed E-state index contributed by atoms with van der Waals surface area (Å²) < 4.78 is 45.0. The van der Waals surface area contributed by atoms with Crippen LogP contribution >= 0.6 is 0 Å². The van der Waals surface area contributed by atoms with Gasteiger partial charge in [-0.25, -0.2) is 19.2 Å². The molecule has 12 heteroatoms. The summed E-state index contributed by atoms with van der Waals surface area (Å²) in [6.07, 6.45) is -4.26. The van der Waals surface area contributed by atoms with E-state index in [4.69, 9.17) is 37.9 Å². The Labute approximate surface area is 312 Å². The number of rotatable bonds is 12. The molecule has 0 spiro atoms. The summed E-state index contributed by atoms with van der Waals surface area (Å²) in [5.41, 5.74) is 4.45. The van der Waals surface area contributed by atoms with Gasteiger partial charge >= 0.3 is 24.6 Å². The van der Waals surface area contributed by atoms with Crippen molar-refractivity contribution in [2.24, 2.45) is 0 Å². The van der Waals surface area contributed by atoms with E-state index in [0.29, 0.717) is 43.8 Å². The molecule has 280 valence electrons. The quantitative estimate of drug-likeness (QED) is 0.0520. The van der Waals surface area contributed by atoms with E-state index in [9.17, 15) is 19.2 Å². The van der Waals surface area contributed by atoms with Crippen LogP contribution in [0.5, 0.6) is 23.0 Å². The van der Waals surface area contributed by atoms with Crippen molar-refractivity contribution >= 4 is 46.2 Å². The maximum absolute atomic E-state index is 13.3. The van der Waals surface area contributed by atoms with Gasteiger partial charge in [0.05, 0.1) is 0 Å². The van der Waals surface area contributed by atoms with Crippen LogP contribution in [-0.2, 0) is 18.9 Å². The van der Waals surface area contributed by atoms with Gasteiger partial charge in [0.1, 0.15) is 26.4 Å². The molecule has 0 saturated carbocycles. The van der Waals surface area contributed by atoms with Crippen LogP contribution in [0, 0.1) is 13.8 Å². The first kappa shape index (κ1) is 38.7. The molecular weight excluding hydrogens is 696 g/mol. The van der Waals surface area contributed by atoms with Gasteiger partial charge in [0, 0.05) is 43.8 Å². The second-order valence-corrected chi connectivity index (χ2v) is 13.3. The van der Waals surface area contributed by atoms with Crippen LogP contribution in [0.25, 0.3) is 43.8 Å². The summed E-state index contributed by atoms with van der Waals surface area (Å²) in [7, 11) is 0. The molecule has 0 atom stereocenters. The second kappa shape index (κ2) is 16.0. The molecule has 0 radical (unpaired) electrons. The van der Waals surface area contributed by atoms with E-state index in [1.54, 1.807) is 64.1 Å². The molecule has 4 aromatic rings. The third-order valence-electron chi connectivity index (χ3n) is 7.72. The molecule has 4 aromatic carbocycles. The molecular formula is C42H40O12. The lowest BCUT2D eigenvalue weighted by atomic mass is 9.74. The van der Waals surface area contributed by atoms with Crippen molar-refractivity contribution < 1.29 is 57.1 Å². The molecule has 12 nitrogen and oxygen atoms in total. The summed E-state index contributed by atoms with van der Waals surface area (Å²) >= 11 is 0. The van der Waals surface area contributed by atoms with E-state index in [0.717, 1.165) is 11.1 Å². The molecule has 0 unspecified atom stereocenters. The van der Waals surface area contributed by atoms with Crippen LogP contribution < -0.4 is 18.9 Å². The van der Waals surface area contributed by atoms with Crippen LogP contribution in [-0.4, -0.2) is 51.0 Å². The fourth-order valence-electron chi connectivity index (χ4n) is 5.58. The van der Waals surface area contributed by atoms with Gasteiger partial charge in [-0.2, -0.15) is 0 Å². The molecule has 0 N–H and O–H groups in total. The Hall–Kier alpha value is -6.56. The van der Waals surface area contributed by atoms with Gasteiger partial charge in [-0.15, -0.1) is 0 Å². The molecule has 54 heavy (non-hydrogen) atoms. The highest BCUT2D eigenvalue weighted by molar-refractivity contribution is 6.25. The SMILES string of the molecule is C=C(C)COC(=O)Oc1c2c(c(OC(=O)OCC(=C)C)c3cc(C)ccc13)-c1c-2c(OC(=O)OCC(=C)C)c2cc(C)ccc2c1OC(=O)OCC(=C)C. The maximum Gasteiger partial charge on any atom is 0.514 e. The number of hydrogen-bond acceptors (Lipinski definition) is 12. The largest absolute Gasteiger partial charge is 0.514 e. The standard InChI is InChI=1S/C42H40O12/c1-21(2)17-47-39(43)51-35-27-13-11-25(9)15-29(27)37(53-41(45)49-19-23(5)6)33-31(35)34-32(33)36(52-40(44)48-18-22(3)4)28-14-12-26(10)16-30(28)38(34)54-42(46)50-20-24(7)8/h11-16H,1,3,5,7,17-20H2,2,4,6,8-10H3. The van der Waals surface area contributed by atoms with Crippen LogP contribution in [0.1, 0.15) is 38.8 Å². The number of carbonyl (C=O) groups excluding carboxylic acids is 4. The molecule has 5 rings (SSSR count). The molecule has 1 aliphatic carbocycles. The van der Waals surface area contributed by atoms with Gasteiger partial charge in [-0.1, -0.05) is 61.7 Å². The first-order valence-electron chi connectivity index (χ1n) is 16.7. The first-order chi connectivity index (χ1) is 25.5. The lowest BCUT2D eigenvalue weighted by molar-refractivity contribution is 0.105. The normalized spacial score (nSPS) is 10.9. The first-order valence-corrected chi connectivity index (χ1v) is 16.7. The molecule has 0 aliphatic heterocycles. The molecule has 0 heterocycles. The average Bonchev–Trinajstić information content (AvgIpc) is 3.08. The van der Waals surface area contributed by atoms with Crippen molar-refractivity contribution in [2.45, 2.75) is 41.5 Å². The number of hydrogen-bond donors (Lipinski definition) is 0. The highest BCUT2D eigenvalue weighted by Gasteiger charge is 2.43. The van der Waals surface area contributed by atoms with E-state index in [1.807, 2.05) is 13.8 Å². The van der Waals surface area contributed by atoms with Crippen LogP contribution in [0.3, 0.4) is 0 Å². The van der Waals surface area contributed by atoms with Crippen LogP contribution in [0.15, 0.2) is 85.0 Å². The third-order valence-corrected chi connectivity index (χ3v) is 7.72. The smallest absolute Gasteiger partial charge is 0.429 e. The van der Waals surface area contributed by atoms with Crippen molar-refractivity contribution in [3.05, 3.63) is 96.1 Å². The van der Waals surface area contributed by atoms with E-state index in [-0.39, 0.29) is 71.7 Å². The minimum Gasteiger partial charge on any atom is -0.429 e. The Kier molecular flexibility index (Phi) is 11.4. The van der Waals surface area contributed by atoms with Gasteiger partial charge in [-0.3, -0.25) is 0 Å². The number of benzene rings is 4. The van der Waals surface area contributed by atoms with Gasteiger partial charge in [0.2, 0.25) is 0 Å². The predicted octanol–water partition coefficient (Wildman–Crippen LogP) is 10.6. The summed E-state index contributed by atoms with van der Waals surface area (Å²) in [6.45, 7) is 24.9. The van der Waals surface area contributed by atoms with E-state index < -0.39 is 24.6 Å². The summed E-state index contributed by atoms with van der Waals surface area (Å²) in [5, 5.41) is 1.31. The van der Waals surface area contributed by atoms with Gasteiger partial charge in [0.25, 0.3) is 0 Å². The fraction of sp³-hybridized carbons (Fsp3) is 0.238. The molecule has 0 fully saturated rings. The minimum absolute atomic E-state index is 0.0204. The Balaban J connectivity index is 1.88. The van der Waals surface area contributed by atoms with Gasteiger partial charge < -0.3 is 37.9 Å². The zero-order valence-electron chi connectivity index (χ0n) is 31.0. The summed E-state index contributed by atoms with van der Waals surface area (Å²) in [6, 6.07) is 10.3. The molecule has 0 saturated heterocycles. The Morgan fingerprint density at radius 3 is 0.907 bits per heavy atom. The van der Waals surface area contributed by atoms with E-state index in [2.05, 4.69) is 26.3 Å². The zero-order chi connectivity index (χ0) is 39.4. The third kappa shape index (κ3) is 8.39. The number of ether oxygens (including phenoxy) is 8. The van der Waals surface area contributed by atoms with Crippen LogP contribution in [0.4, 0.5) is 19.2 Å². The second-order valence-electron chi connectivity index (χ2n) is 13.3. The van der Waals surface area contributed by atoms with Gasteiger partial charge in [-0.05, 0) is 76.0 Å². The highest BCUT2D eigenvalue weighted by Crippen LogP contribution is 2.67. The van der Waals surface area contributed by atoms with Crippen molar-refractivity contribution in [2.75, 3.05) is 26.4 Å². The Morgan fingerprint density at radius 2 is 0.667 bits per heavy atom. The fourth-order valence-corrected chi connectivity index (χ4v) is 5.58. The van der Waals surface area contributed by atoms with Crippen molar-refractivity contribution in [3.8, 4) is 45.3 Å². The topological polar surface area (TPSA) is 142 Å². The average molecular weight is 737 g/mol. The predicted molar refractivity (Wildman–Crippen MR) is 203 cm³/mol. The van der Waals surface area contributed by atoms with Crippen molar-refractivity contribution in [1.82, 2.24) is 0 Å². The van der Waals surface area contributed by atoms with E-state index in [1.165, 1.54) is 0 Å². The summed E-state index contributed by atoms with van der Waals surface area (Å²) in [4.78, 5) is 53.0. The Bertz CT molecular complexity index is 2120. The minimum atomic E-state index is -1.06. The van der Waals surface area contributed by atoms with Crippen molar-refractivity contribution in [3.63, 3.8) is 0 Å². The van der Waals surface area contributed by atoms with E-state index >= 15 is 0 Å². The zero-order valence-corrected chi connectivity index (χ0v) is 31.0. The highest BCUT2D eigenvalue weighted by atomic mass is 16.7. The molecule has 0 amide bonds. The number of fused-ring (bicyclic) bond motifs is 6. The number of carbonyl (C=O) groups is 4. The maximum atomic E-state index is 13.3. The molecule has 0 bridgehead atoms. The molecule has 1 aliphatic rings. The summed E-state index contributed by atoms with van der Waals surface area (Å²) in [5.74, 6) is -0.0874. The lowest BCUT2D eigenvalue weighted by Gasteiger charge is -2.33. The van der Waals surface area contributed by atoms with Crippen LogP contribution in [0.2, 0.25) is 0 Å². The Morgan fingerprint density at radius 1 is 0.426 bits per heavy atom. The lowest BCUT2D eigenvalue weighted by Crippen LogP contribution is -2.20. The van der Waals surface area contributed by atoms with Crippen molar-refractivity contribution in [1.29, 1.82) is 0 Å².